The van der Waals surface area contributed by atoms with E-state index in [-0.39, 0.29) is 6.04 Å². The van der Waals surface area contributed by atoms with Crippen molar-refractivity contribution in [3.05, 3.63) is 0 Å². The standard InChI is InChI=1S/C31H62N2O4/c1-28(32)29(24-20-16-12-8-4-2-5-9-13-17-21-25-30(34)35)33-27-23-19-15-11-7-3-6-10-14-18-22-26-31(36)37/h28-29,33H,2-27,32H2,1H3,(H,34,35)(H,36,37). The third-order valence-electron chi connectivity index (χ3n) is 7.51. The van der Waals surface area contributed by atoms with Crippen molar-refractivity contribution in [2.45, 2.75) is 180 Å². The second-order valence-electron chi connectivity index (χ2n) is 11.3. The molecule has 0 aliphatic heterocycles. The molecular formula is C31H62N2O4. The average Bonchev–Trinajstić information content (AvgIpc) is 2.85. The Morgan fingerprint density at radius 3 is 1.16 bits per heavy atom. The number of nitrogens with one attached hydrogen (secondary N) is 1. The van der Waals surface area contributed by atoms with Crippen LogP contribution in [0.5, 0.6) is 0 Å². The maximum atomic E-state index is 10.5. The second-order valence-corrected chi connectivity index (χ2v) is 11.3. The van der Waals surface area contributed by atoms with Gasteiger partial charge in [0.05, 0.1) is 0 Å². The molecule has 0 spiro atoms. The molecule has 0 heterocycles. The minimum atomic E-state index is -0.669. The third kappa shape index (κ3) is 29.3. The molecule has 2 unspecified atom stereocenters. The molecule has 6 nitrogen and oxygen atoms in total. The topological polar surface area (TPSA) is 113 Å². The number of aliphatic carboxylic acids is 2. The SMILES string of the molecule is CC(N)C(CCCCCCCCCCCCCC(=O)O)NCCCCCCCCCCCCCC(=O)O. The van der Waals surface area contributed by atoms with Crippen LogP contribution in [0.4, 0.5) is 0 Å². The highest BCUT2D eigenvalue weighted by atomic mass is 16.4. The van der Waals surface area contributed by atoms with E-state index in [1.54, 1.807) is 0 Å². The van der Waals surface area contributed by atoms with Gasteiger partial charge in [0.25, 0.3) is 0 Å². The number of hydrogen-bond donors (Lipinski definition) is 4. The zero-order chi connectivity index (χ0) is 27.4. The molecule has 0 radical (unpaired) electrons. The van der Waals surface area contributed by atoms with E-state index < -0.39 is 11.9 Å². The van der Waals surface area contributed by atoms with E-state index in [0.29, 0.717) is 18.9 Å². The van der Waals surface area contributed by atoms with E-state index >= 15 is 0 Å². The fourth-order valence-electron chi connectivity index (χ4n) is 5.06. The lowest BCUT2D eigenvalue weighted by atomic mass is 10.0. The Kier molecular flexibility index (Phi) is 27.0. The summed E-state index contributed by atoms with van der Waals surface area (Å²) in [6, 6.07) is 0.649. The highest BCUT2D eigenvalue weighted by Crippen LogP contribution is 2.14. The molecule has 0 fully saturated rings. The van der Waals surface area contributed by atoms with E-state index in [2.05, 4.69) is 12.2 Å². The van der Waals surface area contributed by atoms with Gasteiger partial charge in [-0.1, -0.05) is 122 Å². The van der Waals surface area contributed by atoms with Crippen LogP contribution in [0.3, 0.4) is 0 Å². The first-order valence-corrected chi connectivity index (χ1v) is 15.9. The molecule has 0 rings (SSSR count). The first-order valence-electron chi connectivity index (χ1n) is 15.9. The van der Waals surface area contributed by atoms with Crippen molar-refractivity contribution in [1.29, 1.82) is 0 Å². The summed E-state index contributed by atoms with van der Waals surface area (Å²) in [5.74, 6) is -1.34. The first kappa shape index (κ1) is 35.9. The Balaban J connectivity index is 3.42. The molecule has 0 aromatic heterocycles. The fraction of sp³-hybridized carbons (Fsp3) is 0.935. The number of hydrogen-bond acceptors (Lipinski definition) is 4. The van der Waals surface area contributed by atoms with Gasteiger partial charge in [-0.15, -0.1) is 0 Å². The molecule has 220 valence electrons. The summed E-state index contributed by atoms with van der Waals surface area (Å²) >= 11 is 0. The zero-order valence-electron chi connectivity index (χ0n) is 24.3. The number of carboxylic acid groups (broad SMARTS) is 2. The highest BCUT2D eigenvalue weighted by molar-refractivity contribution is 5.66. The van der Waals surface area contributed by atoms with Crippen LogP contribution < -0.4 is 11.1 Å². The van der Waals surface area contributed by atoms with Crippen molar-refractivity contribution in [2.75, 3.05) is 6.54 Å². The Hall–Kier alpha value is -1.14. The van der Waals surface area contributed by atoms with E-state index in [1.807, 2.05) is 0 Å². The maximum absolute atomic E-state index is 10.5. The lowest BCUT2D eigenvalue weighted by molar-refractivity contribution is -0.138. The molecule has 0 aliphatic carbocycles. The van der Waals surface area contributed by atoms with Gasteiger partial charge in [-0.3, -0.25) is 9.59 Å². The molecular weight excluding hydrogens is 464 g/mol. The quantitative estimate of drug-likeness (QED) is 0.0701. The smallest absolute Gasteiger partial charge is 0.303 e. The lowest BCUT2D eigenvalue weighted by Gasteiger charge is -2.22. The van der Waals surface area contributed by atoms with Gasteiger partial charge < -0.3 is 21.3 Å². The second kappa shape index (κ2) is 27.9. The third-order valence-corrected chi connectivity index (χ3v) is 7.51. The Labute approximate surface area is 228 Å². The first-order chi connectivity index (χ1) is 17.9. The van der Waals surface area contributed by atoms with Gasteiger partial charge in [-0.25, -0.2) is 0 Å². The summed E-state index contributed by atoms with van der Waals surface area (Å²) in [6.07, 6.45) is 28.8. The van der Waals surface area contributed by atoms with Crippen LogP contribution in [0.1, 0.15) is 167 Å². The van der Waals surface area contributed by atoms with Crippen LogP contribution in [0.15, 0.2) is 0 Å². The van der Waals surface area contributed by atoms with E-state index in [1.165, 1.54) is 122 Å². The lowest BCUT2D eigenvalue weighted by Crippen LogP contribution is -2.43. The summed E-state index contributed by atoms with van der Waals surface area (Å²) in [5.41, 5.74) is 6.23. The molecule has 0 aromatic rings. The van der Waals surface area contributed by atoms with Gasteiger partial charge in [-0.05, 0) is 39.2 Å². The molecule has 0 aromatic carbocycles. The molecule has 0 saturated heterocycles. The van der Waals surface area contributed by atoms with Crippen molar-refractivity contribution >= 4 is 11.9 Å². The monoisotopic (exact) mass is 526 g/mol. The van der Waals surface area contributed by atoms with Crippen molar-refractivity contribution in [1.82, 2.24) is 5.32 Å². The van der Waals surface area contributed by atoms with Gasteiger partial charge >= 0.3 is 11.9 Å². The normalized spacial score (nSPS) is 13.0. The van der Waals surface area contributed by atoms with Gasteiger partial charge in [0, 0.05) is 24.9 Å². The zero-order valence-corrected chi connectivity index (χ0v) is 24.3. The van der Waals surface area contributed by atoms with Crippen LogP contribution in [0, 0.1) is 0 Å². The number of nitrogens with two attached hydrogens (primary N) is 1. The molecule has 0 aliphatic rings. The van der Waals surface area contributed by atoms with Gasteiger partial charge in [-0.2, -0.15) is 0 Å². The summed E-state index contributed by atoms with van der Waals surface area (Å²) in [6.45, 7) is 3.21. The minimum absolute atomic E-state index is 0.208. The molecule has 0 amide bonds. The largest absolute Gasteiger partial charge is 0.481 e. The summed E-state index contributed by atoms with van der Waals surface area (Å²) in [7, 11) is 0. The Morgan fingerprint density at radius 1 is 0.541 bits per heavy atom. The number of carboxylic acids is 2. The van der Waals surface area contributed by atoms with Gasteiger partial charge in [0.2, 0.25) is 0 Å². The van der Waals surface area contributed by atoms with Crippen LogP contribution in [-0.4, -0.2) is 40.8 Å². The molecule has 5 N–H and O–H groups in total. The van der Waals surface area contributed by atoms with Gasteiger partial charge in [0.15, 0.2) is 0 Å². The predicted molar refractivity (Wildman–Crippen MR) is 156 cm³/mol. The molecule has 2 atom stereocenters. The van der Waals surface area contributed by atoms with Crippen LogP contribution in [0.25, 0.3) is 0 Å². The molecule has 0 saturated carbocycles. The van der Waals surface area contributed by atoms with Crippen molar-refractivity contribution in [2.24, 2.45) is 5.73 Å². The number of unbranched alkanes of at least 4 members (excludes halogenated alkanes) is 20. The summed E-state index contributed by atoms with van der Waals surface area (Å²) < 4.78 is 0. The average molecular weight is 527 g/mol. The highest BCUT2D eigenvalue weighted by Gasteiger charge is 2.12. The Bertz CT molecular complexity index is 513. The van der Waals surface area contributed by atoms with E-state index in [9.17, 15) is 9.59 Å². The molecule has 6 heteroatoms. The molecule has 0 bridgehead atoms. The van der Waals surface area contributed by atoms with Crippen LogP contribution in [0.2, 0.25) is 0 Å². The summed E-state index contributed by atoms with van der Waals surface area (Å²) in [5, 5.41) is 21.0. The van der Waals surface area contributed by atoms with Crippen molar-refractivity contribution in [3.8, 4) is 0 Å². The predicted octanol–water partition coefficient (Wildman–Crippen LogP) is 8.21. The van der Waals surface area contributed by atoms with Crippen LogP contribution in [-0.2, 0) is 9.59 Å². The number of carbonyl (C=O) groups is 2. The summed E-state index contributed by atoms with van der Waals surface area (Å²) in [4.78, 5) is 21.0. The number of rotatable bonds is 30. The van der Waals surface area contributed by atoms with E-state index in [4.69, 9.17) is 15.9 Å². The van der Waals surface area contributed by atoms with Crippen LogP contribution >= 0.6 is 0 Å². The fourth-order valence-corrected chi connectivity index (χ4v) is 5.06. The Morgan fingerprint density at radius 2 is 0.838 bits per heavy atom. The van der Waals surface area contributed by atoms with Crippen molar-refractivity contribution in [3.63, 3.8) is 0 Å². The van der Waals surface area contributed by atoms with Gasteiger partial charge in [0.1, 0.15) is 0 Å². The maximum Gasteiger partial charge on any atom is 0.303 e. The van der Waals surface area contributed by atoms with Crippen molar-refractivity contribution < 1.29 is 19.8 Å². The minimum Gasteiger partial charge on any atom is -0.481 e. The molecule has 37 heavy (non-hydrogen) atoms. The van der Waals surface area contributed by atoms with E-state index in [0.717, 1.165) is 32.2 Å².